The maximum absolute atomic E-state index is 13.3. The molecule has 3 aromatic carbocycles. The van der Waals surface area contributed by atoms with E-state index in [1.165, 1.54) is 4.90 Å². The minimum absolute atomic E-state index is 0.117. The van der Waals surface area contributed by atoms with Crippen LogP contribution in [0.4, 0.5) is 5.69 Å². The summed E-state index contributed by atoms with van der Waals surface area (Å²) in [7, 11) is 0. The standard InChI is InChI=1S/C24H21NO4/c1-17-21(13-8-14-22(17)29-16-20-15-28-20)25(23(26)18-9-4-2-5-10-18)24(27)19-11-6-3-7-12-19/h2-14,20H,15-16H2,1H3. The summed E-state index contributed by atoms with van der Waals surface area (Å²) in [5.41, 5.74) is 2.10. The minimum Gasteiger partial charge on any atom is -0.490 e. The van der Waals surface area contributed by atoms with E-state index in [1.807, 2.05) is 25.1 Å². The molecule has 0 aromatic heterocycles. The third-order valence-corrected chi connectivity index (χ3v) is 4.77. The van der Waals surface area contributed by atoms with E-state index in [1.54, 1.807) is 60.7 Å². The number of ether oxygens (including phenoxy) is 2. The quantitative estimate of drug-likeness (QED) is 0.468. The summed E-state index contributed by atoms with van der Waals surface area (Å²) >= 11 is 0. The molecule has 0 N–H and O–H groups in total. The molecule has 2 amide bonds. The van der Waals surface area contributed by atoms with Crippen molar-refractivity contribution in [2.45, 2.75) is 13.0 Å². The van der Waals surface area contributed by atoms with Crippen LogP contribution in [0, 0.1) is 6.92 Å². The Hall–Kier alpha value is -3.44. The number of imide groups is 1. The van der Waals surface area contributed by atoms with Crippen LogP contribution in [0.2, 0.25) is 0 Å². The molecule has 5 heteroatoms. The van der Waals surface area contributed by atoms with Crippen molar-refractivity contribution in [2.24, 2.45) is 0 Å². The van der Waals surface area contributed by atoms with E-state index in [2.05, 4.69) is 0 Å². The van der Waals surface area contributed by atoms with Crippen molar-refractivity contribution in [1.29, 1.82) is 0 Å². The average Bonchev–Trinajstić information content (AvgIpc) is 3.60. The second-order valence-corrected chi connectivity index (χ2v) is 6.84. The molecule has 0 bridgehead atoms. The number of anilines is 1. The number of nitrogens with zero attached hydrogens (tertiary/aromatic N) is 1. The number of benzene rings is 3. The zero-order valence-corrected chi connectivity index (χ0v) is 16.1. The Morgan fingerprint density at radius 2 is 1.45 bits per heavy atom. The van der Waals surface area contributed by atoms with Gasteiger partial charge in [0.2, 0.25) is 0 Å². The molecule has 1 heterocycles. The molecule has 0 saturated carbocycles. The lowest BCUT2D eigenvalue weighted by molar-refractivity contribution is 0.0897. The Kier molecular flexibility index (Phi) is 5.40. The summed E-state index contributed by atoms with van der Waals surface area (Å²) in [5.74, 6) is -0.139. The number of carbonyl (C=O) groups is 2. The second-order valence-electron chi connectivity index (χ2n) is 6.84. The fraction of sp³-hybridized carbons (Fsp3) is 0.167. The van der Waals surface area contributed by atoms with Crippen molar-refractivity contribution in [3.8, 4) is 5.75 Å². The Bertz CT molecular complexity index is 962. The maximum Gasteiger partial charge on any atom is 0.265 e. The van der Waals surface area contributed by atoms with Gasteiger partial charge in [0.1, 0.15) is 18.5 Å². The number of epoxide rings is 1. The lowest BCUT2D eigenvalue weighted by Crippen LogP contribution is -2.37. The van der Waals surface area contributed by atoms with Gasteiger partial charge in [0.15, 0.2) is 0 Å². The zero-order valence-electron chi connectivity index (χ0n) is 16.1. The van der Waals surface area contributed by atoms with E-state index in [-0.39, 0.29) is 17.9 Å². The first-order valence-corrected chi connectivity index (χ1v) is 9.48. The maximum atomic E-state index is 13.3. The van der Waals surface area contributed by atoms with Gasteiger partial charge in [0.25, 0.3) is 11.8 Å². The van der Waals surface area contributed by atoms with Gasteiger partial charge >= 0.3 is 0 Å². The molecule has 4 rings (SSSR count). The van der Waals surface area contributed by atoms with Gasteiger partial charge in [0, 0.05) is 16.7 Å². The molecule has 1 fully saturated rings. The summed E-state index contributed by atoms with van der Waals surface area (Å²) in [6.07, 6.45) is 0.117. The minimum atomic E-state index is -0.384. The Labute approximate surface area is 169 Å². The van der Waals surface area contributed by atoms with E-state index in [9.17, 15) is 9.59 Å². The molecule has 1 atom stereocenters. The van der Waals surface area contributed by atoms with Crippen LogP contribution < -0.4 is 9.64 Å². The summed E-state index contributed by atoms with van der Waals surface area (Å²) < 4.78 is 11.0. The van der Waals surface area contributed by atoms with Crippen molar-refractivity contribution >= 4 is 17.5 Å². The second kappa shape index (κ2) is 8.29. The Morgan fingerprint density at radius 1 is 0.897 bits per heavy atom. The molecular formula is C24H21NO4. The van der Waals surface area contributed by atoms with Crippen LogP contribution in [-0.4, -0.2) is 31.1 Å². The van der Waals surface area contributed by atoms with Crippen molar-refractivity contribution in [3.63, 3.8) is 0 Å². The molecule has 0 spiro atoms. The molecule has 1 saturated heterocycles. The van der Waals surface area contributed by atoms with E-state index < -0.39 is 0 Å². The number of amides is 2. The van der Waals surface area contributed by atoms with Crippen LogP contribution in [0.25, 0.3) is 0 Å². The van der Waals surface area contributed by atoms with Gasteiger partial charge in [-0.15, -0.1) is 0 Å². The fourth-order valence-corrected chi connectivity index (χ4v) is 3.08. The van der Waals surface area contributed by atoms with Crippen molar-refractivity contribution in [2.75, 3.05) is 18.1 Å². The van der Waals surface area contributed by atoms with Gasteiger partial charge in [-0.2, -0.15) is 0 Å². The number of hydrogen-bond donors (Lipinski definition) is 0. The molecule has 5 nitrogen and oxygen atoms in total. The number of rotatable bonds is 6. The van der Waals surface area contributed by atoms with E-state index >= 15 is 0 Å². The smallest absolute Gasteiger partial charge is 0.265 e. The summed E-state index contributed by atoms with van der Waals surface area (Å²) in [4.78, 5) is 27.9. The number of hydrogen-bond acceptors (Lipinski definition) is 4. The molecule has 0 aliphatic carbocycles. The lowest BCUT2D eigenvalue weighted by atomic mass is 10.1. The average molecular weight is 387 g/mol. The van der Waals surface area contributed by atoms with Crippen molar-refractivity contribution in [3.05, 3.63) is 95.6 Å². The largest absolute Gasteiger partial charge is 0.490 e. The Morgan fingerprint density at radius 3 is 1.97 bits per heavy atom. The highest BCUT2D eigenvalue weighted by molar-refractivity contribution is 6.26. The molecule has 1 aliphatic rings. The van der Waals surface area contributed by atoms with Crippen LogP contribution in [0.15, 0.2) is 78.9 Å². The molecular weight excluding hydrogens is 366 g/mol. The zero-order chi connectivity index (χ0) is 20.2. The van der Waals surface area contributed by atoms with Crippen molar-refractivity contribution < 1.29 is 19.1 Å². The van der Waals surface area contributed by atoms with E-state index in [0.717, 1.165) is 5.56 Å². The molecule has 3 aromatic rings. The monoisotopic (exact) mass is 387 g/mol. The van der Waals surface area contributed by atoms with Gasteiger partial charge in [-0.3, -0.25) is 9.59 Å². The highest BCUT2D eigenvalue weighted by Gasteiger charge is 2.29. The van der Waals surface area contributed by atoms with E-state index in [4.69, 9.17) is 9.47 Å². The van der Waals surface area contributed by atoms with Crippen LogP contribution in [0.5, 0.6) is 5.75 Å². The highest BCUT2D eigenvalue weighted by atomic mass is 16.6. The SMILES string of the molecule is Cc1c(OCC2CO2)cccc1N(C(=O)c1ccccc1)C(=O)c1ccccc1. The van der Waals surface area contributed by atoms with Crippen LogP contribution >= 0.6 is 0 Å². The molecule has 1 unspecified atom stereocenters. The highest BCUT2D eigenvalue weighted by Crippen LogP contribution is 2.31. The van der Waals surface area contributed by atoms with Crippen molar-refractivity contribution in [1.82, 2.24) is 0 Å². The fourth-order valence-electron chi connectivity index (χ4n) is 3.08. The Balaban J connectivity index is 1.75. The third-order valence-electron chi connectivity index (χ3n) is 4.77. The normalized spacial score (nSPS) is 14.9. The van der Waals surface area contributed by atoms with Crippen LogP contribution in [-0.2, 0) is 4.74 Å². The predicted octanol–water partition coefficient (Wildman–Crippen LogP) is 4.26. The van der Waals surface area contributed by atoms with Gasteiger partial charge in [-0.05, 0) is 43.3 Å². The third kappa shape index (κ3) is 4.20. The summed E-state index contributed by atoms with van der Waals surface area (Å²) in [5, 5.41) is 0. The van der Waals surface area contributed by atoms with Gasteiger partial charge in [-0.25, -0.2) is 4.90 Å². The first-order valence-electron chi connectivity index (χ1n) is 9.48. The molecule has 0 radical (unpaired) electrons. The molecule has 29 heavy (non-hydrogen) atoms. The van der Waals surface area contributed by atoms with Gasteiger partial charge < -0.3 is 9.47 Å². The topological polar surface area (TPSA) is 59.1 Å². The molecule has 1 aliphatic heterocycles. The summed E-state index contributed by atoms with van der Waals surface area (Å²) in [6.45, 7) is 3.00. The first-order chi connectivity index (χ1) is 14.1. The number of carbonyl (C=O) groups excluding carboxylic acids is 2. The lowest BCUT2D eigenvalue weighted by Gasteiger charge is -2.24. The predicted molar refractivity (Wildman–Crippen MR) is 110 cm³/mol. The van der Waals surface area contributed by atoms with Gasteiger partial charge in [0.05, 0.1) is 12.3 Å². The van der Waals surface area contributed by atoms with Gasteiger partial charge in [-0.1, -0.05) is 42.5 Å². The van der Waals surface area contributed by atoms with Crippen LogP contribution in [0.1, 0.15) is 26.3 Å². The summed E-state index contributed by atoms with van der Waals surface area (Å²) in [6, 6.07) is 23.0. The first kappa shape index (κ1) is 18.9. The van der Waals surface area contributed by atoms with E-state index in [0.29, 0.717) is 35.8 Å². The van der Waals surface area contributed by atoms with Crippen LogP contribution in [0.3, 0.4) is 0 Å². The molecule has 146 valence electrons.